The van der Waals surface area contributed by atoms with Gasteiger partial charge in [-0.3, -0.25) is 14.6 Å². The Hall–Kier alpha value is -2.71. The number of carbonyl (C=O) groups is 2. The number of aliphatic imine (C=N–C) groups is 1. The van der Waals surface area contributed by atoms with Crippen LogP contribution in [0.15, 0.2) is 29.3 Å². The quantitative estimate of drug-likeness (QED) is 0.666. The van der Waals surface area contributed by atoms with Crippen LogP contribution in [0, 0.1) is 13.8 Å². The number of likely N-dealkylation sites (tertiary alicyclic amines) is 1. The molecule has 0 N–H and O–H groups in total. The van der Waals surface area contributed by atoms with Crippen molar-refractivity contribution in [3.63, 3.8) is 0 Å². The Balaban J connectivity index is 1.50. The molecule has 0 spiro atoms. The predicted octanol–water partition coefficient (Wildman–Crippen LogP) is 3.00. The maximum atomic E-state index is 13.6. The molecule has 168 valence electrons. The Morgan fingerprint density at radius 2 is 1.75 bits per heavy atom. The number of nitrogens with zero attached hydrogens (tertiary/aromatic N) is 6. The number of amidine groups is 1. The van der Waals surface area contributed by atoms with Gasteiger partial charge in [0.15, 0.2) is 0 Å². The van der Waals surface area contributed by atoms with Crippen molar-refractivity contribution in [1.82, 2.24) is 19.3 Å². The molecule has 2 fully saturated rings. The lowest BCUT2D eigenvalue weighted by molar-refractivity contribution is -0.682. The van der Waals surface area contributed by atoms with Gasteiger partial charge >= 0.3 is 12.0 Å². The zero-order chi connectivity index (χ0) is 22.6. The van der Waals surface area contributed by atoms with Crippen LogP contribution in [0.3, 0.4) is 0 Å². The summed E-state index contributed by atoms with van der Waals surface area (Å²) in [5, 5.41) is 0.657. The van der Waals surface area contributed by atoms with Gasteiger partial charge in [-0.25, -0.2) is 9.36 Å². The van der Waals surface area contributed by atoms with E-state index >= 15 is 0 Å². The fraction of sp³-hybridized carbons (Fsp3) is 0.478. The summed E-state index contributed by atoms with van der Waals surface area (Å²) in [7, 11) is 1.70. The van der Waals surface area contributed by atoms with E-state index in [4.69, 9.17) is 16.6 Å². The molecule has 32 heavy (non-hydrogen) atoms. The van der Waals surface area contributed by atoms with Crippen molar-refractivity contribution in [2.24, 2.45) is 4.99 Å². The second-order valence-corrected chi connectivity index (χ2v) is 9.20. The van der Waals surface area contributed by atoms with Crippen LogP contribution >= 0.6 is 11.6 Å². The van der Waals surface area contributed by atoms with E-state index < -0.39 is 6.04 Å². The third-order valence-electron chi connectivity index (χ3n) is 6.89. The van der Waals surface area contributed by atoms with E-state index in [0.29, 0.717) is 29.9 Å². The van der Waals surface area contributed by atoms with Gasteiger partial charge in [-0.2, -0.15) is 4.57 Å². The standard InChI is InChI=1S/C23H28ClN6O2/c1-15-16(2)30-19-20(25-22(30)29(15)18-9-7-17(24)8-10-18)26(3)23(32)28(21(19)31)14-13-27-11-5-4-6-12-27/h7-10,19H,4-6,11-14H2,1-3H3/q+1. The molecule has 0 bridgehead atoms. The number of amides is 3. The lowest BCUT2D eigenvalue weighted by atomic mass is 10.1. The Bertz CT molecular complexity index is 1120. The zero-order valence-corrected chi connectivity index (χ0v) is 19.5. The number of urea groups is 1. The van der Waals surface area contributed by atoms with Crippen molar-refractivity contribution in [2.75, 3.05) is 33.2 Å². The largest absolute Gasteiger partial charge is 0.407 e. The first-order valence-corrected chi connectivity index (χ1v) is 11.6. The van der Waals surface area contributed by atoms with Crippen LogP contribution in [0.25, 0.3) is 5.69 Å². The van der Waals surface area contributed by atoms with Gasteiger partial charge in [-0.1, -0.05) is 23.0 Å². The van der Waals surface area contributed by atoms with Crippen LogP contribution < -0.4 is 4.57 Å². The minimum absolute atomic E-state index is 0.205. The highest BCUT2D eigenvalue weighted by atomic mass is 35.5. The normalized spacial score (nSPS) is 21.1. The second-order valence-electron chi connectivity index (χ2n) is 8.76. The Morgan fingerprint density at radius 1 is 1.06 bits per heavy atom. The van der Waals surface area contributed by atoms with Crippen molar-refractivity contribution in [3.05, 3.63) is 40.7 Å². The van der Waals surface area contributed by atoms with Crippen LogP contribution in [0.2, 0.25) is 5.02 Å². The van der Waals surface area contributed by atoms with Gasteiger partial charge in [0.25, 0.3) is 5.91 Å². The number of piperidine rings is 1. The number of hydrogen-bond acceptors (Lipinski definition) is 4. The highest BCUT2D eigenvalue weighted by Gasteiger charge is 2.54. The smallest absolute Gasteiger partial charge is 0.302 e. The van der Waals surface area contributed by atoms with Crippen LogP contribution in [0.4, 0.5) is 10.7 Å². The Labute approximate surface area is 192 Å². The van der Waals surface area contributed by atoms with Gasteiger partial charge < -0.3 is 4.90 Å². The average Bonchev–Trinajstić information content (AvgIpc) is 3.29. The van der Waals surface area contributed by atoms with Crippen LogP contribution in [0.1, 0.15) is 36.7 Å². The molecular formula is C23H28ClN6O2+. The van der Waals surface area contributed by atoms with E-state index in [1.54, 1.807) is 7.05 Å². The third-order valence-corrected chi connectivity index (χ3v) is 7.14. The summed E-state index contributed by atoms with van der Waals surface area (Å²) in [4.78, 5) is 36.7. The number of fused-ring (bicyclic) bond motifs is 3. The van der Waals surface area contributed by atoms with Crippen LogP contribution in [-0.4, -0.2) is 70.3 Å². The van der Waals surface area contributed by atoms with Crippen molar-refractivity contribution >= 4 is 35.3 Å². The summed E-state index contributed by atoms with van der Waals surface area (Å²) in [6.07, 6.45) is 3.61. The second kappa shape index (κ2) is 8.01. The Kier molecular flexibility index (Phi) is 5.29. The lowest BCUT2D eigenvalue weighted by Gasteiger charge is -2.35. The molecule has 3 amide bonds. The van der Waals surface area contributed by atoms with E-state index in [1.165, 1.54) is 29.1 Å². The average molecular weight is 456 g/mol. The molecule has 0 radical (unpaired) electrons. The van der Waals surface area contributed by atoms with Gasteiger partial charge in [0.1, 0.15) is 17.1 Å². The van der Waals surface area contributed by atoms with Gasteiger partial charge in [-0.05, 0) is 64.0 Å². The third kappa shape index (κ3) is 3.24. The van der Waals surface area contributed by atoms with Crippen molar-refractivity contribution in [1.29, 1.82) is 0 Å². The summed E-state index contributed by atoms with van der Waals surface area (Å²) in [6, 6.07) is 6.60. The summed E-state index contributed by atoms with van der Waals surface area (Å²) >= 11 is 6.08. The van der Waals surface area contributed by atoms with Crippen molar-refractivity contribution in [3.8, 4) is 5.69 Å². The maximum Gasteiger partial charge on any atom is 0.407 e. The number of hydrogen-bond donors (Lipinski definition) is 0. The number of imidazole rings is 1. The molecule has 1 aromatic heterocycles. The van der Waals surface area contributed by atoms with Crippen LogP contribution in [-0.2, 0) is 4.79 Å². The van der Waals surface area contributed by atoms with E-state index in [0.717, 1.165) is 30.2 Å². The molecule has 5 rings (SSSR count). The minimum atomic E-state index is -0.624. The zero-order valence-electron chi connectivity index (χ0n) is 18.7. The Morgan fingerprint density at radius 3 is 2.44 bits per heavy atom. The number of benzene rings is 1. The molecule has 1 unspecified atom stereocenters. The molecule has 4 heterocycles. The maximum absolute atomic E-state index is 13.6. The molecule has 0 aliphatic carbocycles. The first-order chi connectivity index (χ1) is 15.4. The molecule has 1 atom stereocenters. The topological polar surface area (TPSA) is 65.0 Å². The monoisotopic (exact) mass is 455 g/mol. The van der Waals surface area contributed by atoms with E-state index in [1.807, 2.05) is 47.2 Å². The molecule has 2 aromatic rings. The molecule has 2 saturated heterocycles. The number of halogens is 1. The van der Waals surface area contributed by atoms with E-state index in [9.17, 15) is 9.59 Å². The molecular weight excluding hydrogens is 428 g/mol. The summed E-state index contributed by atoms with van der Waals surface area (Å²) < 4.78 is 3.97. The highest BCUT2D eigenvalue weighted by molar-refractivity contribution is 6.30. The number of aromatic nitrogens is 2. The van der Waals surface area contributed by atoms with Gasteiger partial charge in [0.05, 0.1) is 0 Å². The molecule has 8 nitrogen and oxygen atoms in total. The van der Waals surface area contributed by atoms with Crippen molar-refractivity contribution < 1.29 is 14.2 Å². The van der Waals surface area contributed by atoms with Gasteiger partial charge in [0, 0.05) is 25.2 Å². The molecule has 3 aliphatic heterocycles. The number of imide groups is 1. The first kappa shape index (κ1) is 21.2. The number of carbonyl (C=O) groups excluding carboxylic acids is 2. The summed E-state index contributed by atoms with van der Waals surface area (Å²) in [6.45, 7) is 7.18. The summed E-state index contributed by atoms with van der Waals surface area (Å²) in [5.74, 6) is 0.923. The highest BCUT2D eigenvalue weighted by Crippen LogP contribution is 2.33. The number of rotatable bonds is 4. The predicted molar refractivity (Wildman–Crippen MR) is 122 cm³/mol. The van der Waals surface area contributed by atoms with Crippen LogP contribution in [0.5, 0.6) is 0 Å². The lowest BCUT2D eigenvalue weighted by Crippen LogP contribution is -2.64. The molecule has 9 heteroatoms. The molecule has 0 saturated carbocycles. The first-order valence-electron chi connectivity index (χ1n) is 11.2. The van der Waals surface area contributed by atoms with Gasteiger partial charge in [0.2, 0.25) is 11.9 Å². The fourth-order valence-corrected chi connectivity index (χ4v) is 5.09. The van der Waals surface area contributed by atoms with E-state index in [2.05, 4.69) is 4.90 Å². The fourth-order valence-electron chi connectivity index (χ4n) is 4.97. The van der Waals surface area contributed by atoms with Gasteiger partial charge in [-0.15, -0.1) is 0 Å². The minimum Gasteiger partial charge on any atom is -0.302 e. The SMILES string of the molecule is Cc1c(C)[n+]2c(n1-c1ccc(Cl)cc1)N=C1C2C(=O)N(CCN2CCCCC2)C(=O)N1C. The van der Waals surface area contributed by atoms with E-state index in [-0.39, 0.29) is 11.9 Å². The molecule has 3 aliphatic rings. The van der Waals surface area contributed by atoms with Crippen molar-refractivity contribution in [2.45, 2.75) is 39.2 Å². The summed E-state index contributed by atoms with van der Waals surface area (Å²) in [5.41, 5.74) is 2.86. The number of likely N-dealkylation sites (N-methyl/N-ethyl adjacent to an activating group) is 1. The molecule has 1 aromatic carbocycles.